The fourth-order valence-corrected chi connectivity index (χ4v) is 3.06. The van der Waals surface area contributed by atoms with E-state index in [2.05, 4.69) is 11.6 Å². The van der Waals surface area contributed by atoms with Crippen molar-refractivity contribution in [3.05, 3.63) is 0 Å². The second-order valence-electron chi connectivity index (χ2n) is 3.96. The Kier molecular flexibility index (Phi) is 7.44. The molecule has 0 aliphatic heterocycles. The van der Waals surface area contributed by atoms with E-state index >= 15 is 0 Å². The topological polar surface area (TPSA) is 41.5 Å². The number of thioether (sulfide) groups is 1. The summed E-state index contributed by atoms with van der Waals surface area (Å²) in [5.74, 6) is 0. The van der Waals surface area contributed by atoms with Gasteiger partial charge in [0.1, 0.15) is 0 Å². The zero-order valence-electron chi connectivity index (χ0n) is 9.58. The Morgan fingerprint density at radius 1 is 1.33 bits per heavy atom. The second kappa shape index (κ2) is 8.39. The molecule has 0 spiro atoms. The maximum absolute atomic E-state index is 8.55. The van der Waals surface area contributed by atoms with Crippen LogP contribution in [0.25, 0.3) is 0 Å². The molecule has 1 fully saturated rings. The van der Waals surface area contributed by atoms with Crippen LogP contribution in [0, 0.1) is 0 Å². The number of ether oxygens (including phenoxy) is 1. The Bertz CT molecular complexity index is 158. The fourth-order valence-electron chi connectivity index (χ4n) is 2.10. The minimum atomic E-state index is 0.122. The van der Waals surface area contributed by atoms with Gasteiger partial charge in [-0.05, 0) is 19.1 Å². The standard InChI is InChI=1S/C11H23NO2S/c1-15-11-5-3-2-4-10(11)12-6-8-14-9-7-13/h10-13H,2-9H2,1H3. The minimum Gasteiger partial charge on any atom is -0.394 e. The summed E-state index contributed by atoms with van der Waals surface area (Å²) in [6.45, 7) is 2.19. The lowest BCUT2D eigenvalue weighted by molar-refractivity contribution is 0.0919. The highest BCUT2D eigenvalue weighted by molar-refractivity contribution is 7.99. The maximum Gasteiger partial charge on any atom is 0.0698 e. The number of aliphatic hydroxyl groups excluding tert-OH is 1. The van der Waals surface area contributed by atoms with Crippen molar-refractivity contribution >= 4 is 11.8 Å². The molecular formula is C11H23NO2S. The molecule has 2 atom stereocenters. The zero-order chi connectivity index (χ0) is 10.9. The molecule has 1 aliphatic carbocycles. The van der Waals surface area contributed by atoms with E-state index in [9.17, 15) is 0 Å². The first-order chi connectivity index (χ1) is 7.38. The molecule has 4 heteroatoms. The van der Waals surface area contributed by atoms with Crippen LogP contribution in [0.3, 0.4) is 0 Å². The van der Waals surface area contributed by atoms with Gasteiger partial charge >= 0.3 is 0 Å². The van der Waals surface area contributed by atoms with Gasteiger partial charge in [0, 0.05) is 17.8 Å². The summed E-state index contributed by atoms with van der Waals surface area (Å²) in [7, 11) is 0. The molecule has 0 heterocycles. The molecule has 1 aliphatic rings. The lowest BCUT2D eigenvalue weighted by atomic mass is 9.95. The van der Waals surface area contributed by atoms with Crippen LogP contribution in [-0.4, -0.2) is 49.0 Å². The quantitative estimate of drug-likeness (QED) is 0.650. The van der Waals surface area contributed by atoms with Crippen molar-refractivity contribution in [1.29, 1.82) is 0 Å². The van der Waals surface area contributed by atoms with Crippen LogP contribution in [0.2, 0.25) is 0 Å². The van der Waals surface area contributed by atoms with Crippen LogP contribution in [0.5, 0.6) is 0 Å². The molecule has 0 amide bonds. The van der Waals surface area contributed by atoms with Gasteiger partial charge < -0.3 is 15.2 Å². The smallest absolute Gasteiger partial charge is 0.0698 e. The van der Waals surface area contributed by atoms with Crippen LogP contribution >= 0.6 is 11.8 Å². The molecule has 2 N–H and O–H groups in total. The summed E-state index contributed by atoms with van der Waals surface area (Å²) < 4.78 is 5.22. The van der Waals surface area contributed by atoms with Crippen LogP contribution < -0.4 is 5.32 Å². The van der Waals surface area contributed by atoms with Crippen LogP contribution in [0.4, 0.5) is 0 Å². The molecule has 90 valence electrons. The summed E-state index contributed by atoms with van der Waals surface area (Å²) >= 11 is 1.98. The molecule has 2 unspecified atom stereocenters. The summed E-state index contributed by atoms with van der Waals surface area (Å²) in [5.41, 5.74) is 0. The highest BCUT2D eigenvalue weighted by atomic mass is 32.2. The molecule has 0 aromatic rings. The molecule has 0 bridgehead atoms. The lowest BCUT2D eigenvalue weighted by Crippen LogP contribution is -2.41. The molecule has 1 rings (SSSR count). The highest BCUT2D eigenvalue weighted by Gasteiger charge is 2.23. The van der Waals surface area contributed by atoms with E-state index in [1.807, 2.05) is 11.8 Å². The van der Waals surface area contributed by atoms with Crippen molar-refractivity contribution in [2.45, 2.75) is 37.0 Å². The van der Waals surface area contributed by atoms with Crippen LogP contribution in [0.1, 0.15) is 25.7 Å². The first-order valence-corrected chi connectivity index (χ1v) is 7.12. The van der Waals surface area contributed by atoms with Gasteiger partial charge in [0.15, 0.2) is 0 Å². The zero-order valence-corrected chi connectivity index (χ0v) is 10.4. The van der Waals surface area contributed by atoms with Crippen molar-refractivity contribution in [3.8, 4) is 0 Å². The summed E-state index contributed by atoms with van der Waals surface area (Å²) in [5, 5.41) is 12.9. The van der Waals surface area contributed by atoms with Gasteiger partial charge in [0.25, 0.3) is 0 Å². The average Bonchev–Trinajstić information content (AvgIpc) is 2.29. The predicted molar refractivity (Wildman–Crippen MR) is 65.5 cm³/mol. The maximum atomic E-state index is 8.55. The van der Waals surface area contributed by atoms with Gasteiger partial charge in [-0.15, -0.1) is 0 Å². The summed E-state index contributed by atoms with van der Waals surface area (Å²) in [6.07, 6.45) is 7.58. The minimum absolute atomic E-state index is 0.122. The summed E-state index contributed by atoms with van der Waals surface area (Å²) in [6, 6.07) is 0.659. The Morgan fingerprint density at radius 3 is 2.87 bits per heavy atom. The van der Waals surface area contributed by atoms with Gasteiger partial charge in [-0.3, -0.25) is 0 Å². The van der Waals surface area contributed by atoms with Gasteiger partial charge in [-0.2, -0.15) is 11.8 Å². The van der Waals surface area contributed by atoms with Gasteiger partial charge in [-0.25, -0.2) is 0 Å². The van der Waals surface area contributed by atoms with Crippen molar-refractivity contribution in [1.82, 2.24) is 5.32 Å². The van der Waals surface area contributed by atoms with Crippen LogP contribution in [0.15, 0.2) is 0 Å². The van der Waals surface area contributed by atoms with E-state index in [1.165, 1.54) is 25.7 Å². The Balaban J connectivity index is 2.07. The van der Waals surface area contributed by atoms with Crippen molar-refractivity contribution in [2.75, 3.05) is 32.6 Å². The monoisotopic (exact) mass is 233 g/mol. The molecule has 0 radical (unpaired) electrons. The molecule has 3 nitrogen and oxygen atoms in total. The van der Waals surface area contributed by atoms with E-state index in [0.717, 1.165) is 11.8 Å². The summed E-state index contributed by atoms with van der Waals surface area (Å²) in [4.78, 5) is 0. The molecule has 0 aromatic carbocycles. The van der Waals surface area contributed by atoms with Crippen molar-refractivity contribution in [3.63, 3.8) is 0 Å². The third-order valence-electron chi connectivity index (χ3n) is 2.89. The van der Waals surface area contributed by atoms with Crippen LogP contribution in [-0.2, 0) is 4.74 Å². The first-order valence-electron chi connectivity index (χ1n) is 5.83. The predicted octanol–water partition coefficient (Wildman–Crippen LogP) is 1.26. The van der Waals surface area contributed by atoms with E-state index < -0.39 is 0 Å². The lowest BCUT2D eigenvalue weighted by Gasteiger charge is -2.31. The van der Waals surface area contributed by atoms with Crippen molar-refractivity contribution in [2.24, 2.45) is 0 Å². The molecular weight excluding hydrogens is 210 g/mol. The molecule has 15 heavy (non-hydrogen) atoms. The van der Waals surface area contributed by atoms with E-state index in [0.29, 0.717) is 19.3 Å². The third-order valence-corrected chi connectivity index (χ3v) is 4.06. The molecule has 1 saturated carbocycles. The van der Waals surface area contributed by atoms with Gasteiger partial charge in [0.2, 0.25) is 0 Å². The number of rotatable bonds is 7. The largest absolute Gasteiger partial charge is 0.394 e. The van der Waals surface area contributed by atoms with Gasteiger partial charge in [-0.1, -0.05) is 12.8 Å². The van der Waals surface area contributed by atoms with Gasteiger partial charge in [0.05, 0.1) is 19.8 Å². The molecule has 0 aromatic heterocycles. The third kappa shape index (κ3) is 5.20. The Morgan fingerprint density at radius 2 is 2.13 bits per heavy atom. The first kappa shape index (κ1) is 13.3. The van der Waals surface area contributed by atoms with Crippen molar-refractivity contribution < 1.29 is 9.84 Å². The Labute approximate surface area is 97.0 Å². The second-order valence-corrected chi connectivity index (χ2v) is 5.03. The number of nitrogens with one attached hydrogen (secondary N) is 1. The van der Waals surface area contributed by atoms with E-state index in [1.54, 1.807) is 0 Å². The SMILES string of the molecule is CSC1CCCCC1NCCOCCO. The highest BCUT2D eigenvalue weighted by Crippen LogP contribution is 2.26. The average molecular weight is 233 g/mol. The fraction of sp³-hybridized carbons (Fsp3) is 1.00. The molecule has 0 saturated heterocycles. The normalized spacial score (nSPS) is 26.8. The Hall–Kier alpha value is 0.230. The van der Waals surface area contributed by atoms with E-state index in [4.69, 9.17) is 9.84 Å². The number of aliphatic hydroxyl groups is 1. The number of hydrogen-bond acceptors (Lipinski definition) is 4. The number of hydrogen-bond donors (Lipinski definition) is 2. The van der Waals surface area contributed by atoms with E-state index in [-0.39, 0.29) is 6.61 Å².